The van der Waals surface area contributed by atoms with Crippen LogP contribution in [0, 0.1) is 6.92 Å². The Balaban J connectivity index is 1.76. The SMILES string of the molecule is Cc1ccc(CS(=O)(=O)N[C@@H](Cc2ccccc2)C(=O)N2CCCC2)cc1. The van der Waals surface area contributed by atoms with Crippen LogP contribution in [-0.4, -0.2) is 38.4 Å². The van der Waals surface area contributed by atoms with E-state index in [0.717, 1.165) is 24.0 Å². The lowest BCUT2D eigenvalue weighted by Crippen LogP contribution is -2.49. The molecule has 5 nitrogen and oxygen atoms in total. The number of hydrogen-bond donors (Lipinski definition) is 1. The molecule has 1 heterocycles. The lowest BCUT2D eigenvalue weighted by atomic mass is 10.1. The van der Waals surface area contributed by atoms with Crippen LogP contribution in [0.1, 0.15) is 29.5 Å². The molecule has 1 N–H and O–H groups in total. The number of aryl methyl sites for hydroxylation is 1. The maximum atomic E-state index is 12.9. The largest absolute Gasteiger partial charge is 0.341 e. The van der Waals surface area contributed by atoms with Gasteiger partial charge in [-0.3, -0.25) is 4.79 Å². The van der Waals surface area contributed by atoms with Gasteiger partial charge in [0.15, 0.2) is 0 Å². The van der Waals surface area contributed by atoms with Crippen molar-refractivity contribution in [1.29, 1.82) is 0 Å². The summed E-state index contributed by atoms with van der Waals surface area (Å²) in [4.78, 5) is 14.7. The second kappa shape index (κ2) is 8.67. The number of sulfonamides is 1. The molecule has 1 saturated heterocycles. The highest BCUT2D eigenvalue weighted by molar-refractivity contribution is 7.88. The molecule has 144 valence electrons. The average molecular weight is 387 g/mol. The van der Waals surface area contributed by atoms with E-state index < -0.39 is 16.1 Å². The fraction of sp³-hybridized carbons (Fsp3) is 0.381. The van der Waals surface area contributed by atoms with Gasteiger partial charge in [-0.2, -0.15) is 0 Å². The summed E-state index contributed by atoms with van der Waals surface area (Å²) >= 11 is 0. The summed E-state index contributed by atoms with van der Waals surface area (Å²) in [7, 11) is -3.64. The molecular formula is C21H26N2O3S. The van der Waals surface area contributed by atoms with Crippen LogP contribution < -0.4 is 4.72 Å². The highest BCUT2D eigenvalue weighted by atomic mass is 32.2. The molecule has 1 atom stereocenters. The van der Waals surface area contributed by atoms with E-state index in [1.165, 1.54) is 0 Å². The van der Waals surface area contributed by atoms with Gasteiger partial charge in [-0.1, -0.05) is 60.2 Å². The van der Waals surface area contributed by atoms with E-state index in [1.54, 1.807) is 4.90 Å². The van der Waals surface area contributed by atoms with Gasteiger partial charge in [-0.15, -0.1) is 0 Å². The predicted molar refractivity (Wildman–Crippen MR) is 107 cm³/mol. The second-order valence-electron chi connectivity index (χ2n) is 7.14. The number of amides is 1. The number of rotatable bonds is 7. The smallest absolute Gasteiger partial charge is 0.241 e. The molecule has 0 radical (unpaired) electrons. The Hall–Kier alpha value is -2.18. The van der Waals surface area contributed by atoms with E-state index in [1.807, 2.05) is 61.5 Å². The summed E-state index contributed by atoms with van der Waals surface area (Å²) in [6, 6.07) is 16.1. The van der Waals surface area contributed by atoms with Crippen LogP contribution in [0.3, 0.4) is 0 Å². The van der Waals surface area contributed by atoms with E-state index in [0.29, 0.717) is 25.1 Å². The van der Waals surface area contributed by atoms with Crippen LogP contribution in [-0.2, 0) is 27.0 Å². The molecule has 0 bridgehead atoms. The zero-order valence-electron chi connectivity index (χ0n) is 15.6. The molecule has 1 aliphatic rings. The van der Waals surface area contributed by atoms with Crippen LogP contribution in [0.5, 0.6) is 0 Å². The summed E-state index contributed by atoms with van der Waals surface area (Å²) < 4.78 is 28.1. The summed E-state index contributed by atoms with van der Waals surface area (Å²) in [6.07, 6.45) is 2.29. The van der Waals surface area contributed by atoms with Gasteiger partial charge >= 0.3 is 0 Å². The van der Waals surface area contributed by atoms with Crippen LogP contribution in [0.2, 0.25) is 0 Å². The molecule has 0 unspecified atom stereocenters. The van der Waals surface area contributed by atoms with Crippen LogP contribution >= 0.6 is 0 Å². The summed E-state index contributed by atoms with van der Waals surface area (Å²) in [5.41, 5.74) is 2.73. The van der Waals surface area contributed by atoms with Crippen molar-refractivity contribution >= 4 is 15.9 Å². The Bertz CT molecular complexity index is 858. The monoisotopic (exact) mass is 386 g/mol. The molecule has 2 aromatic carbocycles. The number of likely N-dealkylation sites (tertiary alicyclic amines) is 1. The third kappa shape index (κ3) is 5.65. The van der Waals surface area contributed by atoms with Crippen molar-refractivity contribution in [3.05, 3.63) is 71.3 Å². The average Bonchev–Trinajstić information content (AvgIpc) is 3.18. The minimum atomic E-state index is -3.64. The Morgan fingerprint density at radius 1 is 1.00 bits per heavy atom. The minimum absolute atomic E-state index is 0.133. The molecule has 0 aliphatic carbocycles. The van der Waals surface area contributed by atoms with Crippen molar-refractivity contribution in [1.82, 2.24) is 9.62 Å². The highest BCUT2D eigenvalue weighted by Crippen LogP contribution is 2.14. The fourth-order valence-corrected chi connectivity index (χ4v) is 4.68. The molecule has 0 aromatic heterocycles. The standard InChI is InChI=1S/C21H26N2O3S/c1-17-9-11-19(12-10-17)16-27(25,26)22-20(15-18-7-3-2-4-8-18)21(24)23-13-5-6-14-23/h2-4,7-12,20,22H,5-6,13-16H2,1H3/t20-/m0/s1. The summed E-state index contributed by atoms with van der Waals surface area (Å²) in [6.45, 7) is 3.36. The fourth-order valence-electron chi connectivity index (χ4n) is 3.35. The van der Waals surface area contributed by atoms with Crippen molar-refractivity contribution in [3.8, 4) is 0 Å². The Morgan fingerprint density at radius 2 is 1.63 bits per heavy atom. The zero-order chi connectivity index (χ0) is 19.3. The van der Waals surface area contributed by atoms with Crippen molar-refractivity contribution in [3.63, 3.8) is 0 Å². The second-order valence-corrected chi connectivity index (χ2v) is 8.89. The Morgan fingerprint density at radius 3 is 2.26 bits per heavy atom. The first-order valence-electron chi connectivity index (χ1n) is 9.31. The third-order valence-corrected chi connectivity index (χ3v) is 6.15. The molecule has 27 heavy (non-hydrogen) atoms. The summed E-state index contributed by atoms with van der Waals surface area (Å²) in [5, 5.41) is 0. The molecule has 2 aromatic rings. The van der Waals surface area contributed by atoms with Gasteiger partial charge in [0.2, 0.25) is 15.9 Å². The number of nitrogens with one attached hydrogen (secondary N) is 1. The van der Waals surface area contributed by atoms with E-state index in [4.69, 9.17) is 0 Å². The molecule has 3 rings (SSSR count). The zero-order valence-corrected chi connectivity index (χ0v) is 16.4. The number of carbonyl (C=O) groups is 1. The predicted octanol–water partition coefficient (Wildman–Crippen LogP) is 2.65. The summed E-state index contributed by atoms with van der Waals surface area (Å²) in [5.74, 6) is -0.268. The minimum Gasteiger partial charge on any atom is -0.341 e. The molecule has 1 aliphatic heterocycles. The molecule has 6 heteroatoms. The molecule has 0 spiro atoms. The van der Waals surface area contributed by atoms with Crippen LogP contribution in [0.15, 0.2) is 54.6 Å². The maximum absolute atomic E-state index is 12.9. The molecule has 0 saturated carbocycles. The quantitative estimate of drug-likeness (QED) is 0.796. The molecule has 1 amide bonds. The Kier molecular flexibility index (Phi) is 6.29. The Labute approximate surface area is 161 Å². The normalized spacial score (nSPS) is 15.7. The first-order valence-corrected chi connectivity index (χ1v) is 11.0. The maximum Gasteiger partial charge on any atom is 0.241 e. The van der Waals surface area contributed by atoms with Crippen molar-refractivity contribution in [2.45, 2.75) is 38.0 Å². The number of benzene rings is 2. The van der Waals surface area contributed by atoms with Gasteiger partial charge in [-0.05, 0) is 37.3 Å². The van der Waals surface area contributed by atoms with Crippen molar-refractivity contribution in [2.24, 2.45) is 0 Å². The van der Waals surface area contributed by atoms with Crippen LogP contribution in [0.4, 0.5) is 0 Å². The van der Waals surface area contributed by atoms with Gasteiger partial charge in [-0.25, -0.2) is 13.1 Å². The van der Waals surface area contributed by atoms with Gasteiger partial charge in [0.05, 0.1) is 5.75 Å². The topological polar surface area (TPSA) is 66.5 Å². The first kappa shape index (κ1) is 19.6. The number of carbonyl (C=O) groups excluding carboxylic acids is 1. The van der Waals surface area contributed by atoms with E-state index >= 15 is 0 Å². The van der Waals surface area contributed by atoms with E-state index in [2.05, 4.69) is 4.72 Å². The lowest BCUT2D eigenvalue weighted by molar-refractivity contribution is -0.131. The number of hydrogen-bond acceptors (Lipinski definition) is 3. The van der Waals surface area contributed by atoms with Crippen molar-refractivity contribution < 1.29 is 13.2 Å². The van der Waals surface area contributed by atoms with E-state index in [9.17, 15) is 13.2 Å². The third-order valence-electron chi connectivity index (χ3n) is 4.80. The first-order chi connectivity index (χ1) is 12.9. The van der Waals surface area contributed by atoms with Gasteiger partial charge in [0, 0.05) is 13.1 Å². The van der Waals surface area contributed by atoms with Crippen molar-refractivity contribution in [2.75, 3.05) is 13.1 Å². The van der Waals surface area contributed by atoms with E-state index in [-0.39, 0.29) is 11.7 Å². The van der Waals surface area contributed by atoms with Gasteiger partial charge < -0.3 is 4.90 Å². The van der Waals surface area contributed by atoms with Crippen LogP contribution in [0.25, 0.3) is 0 Å². The van der Waals surface area contributed by atoms with Gasteiger partial charge in [0.1, 0.15) is 6.04 Å². The van der Waals surface area contributed by atoms with Gasteiger partial charge in [0.25, 0.3) is 0 Å². The molecule has 1 fully saturated rings. The highest BCUT2D eigenvalue weighted by Gasteiger charge is 2.30. The number of nitrogens with zero attached hydrogens (tertiary/aromatic N) is 1. The molecular weight excluding hydrogens is 360 g/mol. The lowest BCUT2D eigenvalue weighted by Gasteiger charge is -2.24.